The van der Waals surface area contributed by atoms with Crippen molar-refractivity contribution in [3.05, 3.63) is 24.3 Å². The van der Waals surface area contributed by atoms with Crippen molar-refractivity contribution in [1.82, 2.24) is 20.6 Å². The molecular formula is C12H18N4O2. The normalized spacial score (nSPS) is 21.6. The Balaban J connectivity index is 1.79. The van der Waals surface area contributed by atoms with E-state index in [1.54, 1.807) is 18.6 Å². The maximum atomic E-state index is 11.7. The Hall–Kier alpha value is -1.69. The van der Waals surface area contributed by atoms with E-state index < -0.39 is 0 Å². The highest BCUT2D eigenvalue weighted by molar-refractivity contribution is 5.74. The van der Waals surface area contributed by atoms with Crippen LogP contribution in [0.25, 0.3) is 0 Å². The fourth-order valence-electron chi connectivity index (χ4n) is 1.94. The molecule has 2 N–H and O–H groups in total. The van der Waals surface area contributed by atoms with Gasteiger partial charge in [0.05, 0.1) is 30.1 Å². The van der Waals surface area contributed by atoms with E-state index in [1.165, 1.54) is 0 Å². The van der Waals surface area contributed by atoms with Gasteiger partial charge < -0.3 is 15.4 Å². The Morgan fingerprint density at radius 3 is 3.00 bits per heavy atom. The molecule has 6 nitrogen and oxygen atoms in total. The van der Waals surface area contributed by atoms with Crippen LogP contribution in [0.1, 0.15) is 26.0 Å². The zero-order valence-corrected chi connectivity index (χ0v) is 10.6. The number of hydrogen-bond donors (Lipinski definition) is 2. The Morgan fingerprint density at radius 2 is 2.39 bits per heavy atom. The number of aromatic nitrogens is 2. The molecule has 0 aromatic carbocycles. The van der Waals surface area contributed by atoms with Crippen LogP contribution in [0.4, 0.5) is 4.79 Å². The van der Waals surface area contributed by atoms with Gasteiger partial charge >= 0.3 is 6.03 Å². The molecule has 0 spiro atoms. The van der Waals surface area contributed by atoms with E-state index in [9.17, 15) is 4.79 Å². The van der Waals surface area contributed by atoms with Crippen molar-refractivity contribution < 1.29 is 9.53 Å². The lowest BCUT2D eigenvalue weighted by molar-refractivity contribution is 0.0235. The second-order valence-electron chi connectivity index (χ2n) is 4.82. The Bertz CT molecular complexity index is 408. The van der Waals surface area contributed by atoms with Crippen LogP contribution in [0.15, 0.2) is 18.6 Å². The van der Waals surface area contributed by atoms with Gasteiger partial charge in [-0.05, 0) is 20.3 Å². The number of carbonyl (C=O) groups is 1. The molecule has 1 aliphatic rings. The highest BCUT2D eigenvalue weighted by Crippen LogP contribution is 2.24. The molecular weight excluding hydrogens is 232 g/mol. The largest absolute Gasteiger partial charge is 0.373 e. The van der Waals surface area contributed by atoms with Crippen LogP contribution in [-0.4, -0.2) is 34.2 Å². The van der Waals surface area contributed by atoms with Gasteiger partial charge in [-0.25, -0.2) is 4.79 Å². The zero-order valence-electron chi connectivity index (χ0n) is 10.6. The van der Waals surface area contributed by atoms with E-state index in [0.29, 0.717) is 13.2 Å². The Labute approximate surface area is 106 Å². The highest BCUT2D eigenvalue weighted by Gasteiger charge is 2.36. The van der Waals surface area contributed by atoms with Gasteiger partial charge in [0, 0.05) is 19.0 Å². The number of urea groups is 1. The van der Waals surface area contributed by atoms with Crippen molar-refractivity contribution in [2.45, 2.75) is 38.5 Å². The lowest BCUT2D eigenvalue weighted by Crippen LogP contribution is -2.49. The minimum Gasteiger partial charge on any atom is -0.373 e. The second-order valence-corrected chi connectivity index (χ2v) is 4.82. The molecule has 0 radical (unpaired) electrons. The van der Waals surface area contributed by atoms with Crippen molar-refractivity contribution >= 4 is 6.03 Å². The van der Waals surface area contributed by atoms with E-state index in [0.717, 1.165) is 12.1 Å². The van der Waals surface area contributed by atoms with Crippen LogP contribution < -0.4 is 10.6 Å². The summed E-state index contributed by atoms with van der Waals surface area (Å²) in [7, 11) is 0. The molecule has 6 heteroatoms. The first kappa shape index (κ1) is 12.8. The molecule has 0 aliphatic carbocycles. The molecule has 1 aromatic heterocycles. The molecule has 98 valence electrons. The fourth-order valence-corrected chi connectivity index (χ4v) is 1.94. The molecule has 0 bridgehead atoms. The van der Waals surface area contributed by atoms with Crippen molar-refractivity contribution in [3.63, 3.8) is 0 Å². The Morgan fingerprint density at radius 1 is 1.56 bits per heavy atom. The quantitative estimate of drug-likeness (QED) is 0.833. The van der Waals surface area contributed by atoms with Gasteiger partial charge in [0.2, 0.25) is 0 Å². The van der Waals surface area contributed by atoms with Crippen molar-refractivity contribution in [2.24, 2.45) is 0 Å². The first-order valence-electron chi connectivity index (χ1n) is 6.01. The summed E-state index contributed by atoms with van der Waals surface area (Å²) in [5.74, 6) is 0. The summed E-state index contributed by atoms with van der Waals surface area (Å²) in [5, 5.41) is 5.67. The van der Waals surface area contributed by atoms with E-state index >= 15 is 0 Å². The van der Waals surface area contributed by atoms with Gasteiger partial charge in [0.15, 0.2) is 0 Å². The molecule has 1 unspecified atom stereocenters. The average molecular weight is 250 g/mol. The number of carbonyl (C=O) groups excluding carboxylic acids is 1. The summed E-state index contributed by atoms with van der Waals surface area (Å²) in [4.78, 5) is 19.8. The average Bonchev–Trinajstić information content (AvgIpc) is 2.68. The zero-order chi connectivity index (χ0) is 13.0. The number of hydrogen-bond acceptors (Lipinski definition) is 4. The standard InChI is InChI=1S/C12H18N4O2/c1-12(2)10(3-6-18-12)16-11(17)15-8-9-7-13-4-5-14-9/h4-5,7,10H,3,6,8H2,1-2H3,(H2,15,16,17). The maximum Gasteiger partial charge on any atom is 0.315 e. The number of ether oxygens (including phenoxy) is 1. The number of amides is 2. The summed E-state index contributed by atoms with van der Waals surface area (Å²) in [6, 6.07) is -0.163. The van der Waals surface area contributed by atoms with Gasteiger partial charge in [-0.2, -0.15) is 0 Å². The molecule has 1 atom stereocenters. The minimum absolute atomic E-state index is 0.0411. The lowest BCUT2D eigenvalue weighted by atomic mass is 9.99. The predicted octanol–water partition coefficient (Wildman–Crippen LogP) is 0.843. The topological polar surface area (TPSA) is 76.1 Å². The number of nitrogens with one attached hydrogen (secondary N) is 2. The molecule has 18 heavy (non-hydrogen) atoms. The van der Waals surface area contributed by atoms with Crippen LogP contribution in [0.2, 0.25) is 0 Å². The fraction of sp³-hybridized carbons (Fsp3) is 0.583. The van der Waals surface area contributed by atoms with Crippen molar-refractivity contribution in [3.8, 4) is 0 Å². The summed E-state index contributed by atoms with van der Waals surface area (Å²) in [6.07, 6.45) is 5.67. The van der Waals surface area contributed by atoms with Crippen LogP contribution in [0.5, 0.6) is 0 Å². The second kappa shape index (κ2) is 5.30. The molecule has 2 rings (SSSR count). The van der Waals surface area contributed by atoms with Gasteiger partial charge in [0.1, 0.15) is 0 Å². The number of rotatable bonds is 3. The molecule has 1 aromatic rings. The van der Waals surface area contributed by atoms with Crippen LogP contribution >= 0.6 is 0 Å². The van der Waals surface area contributed by atoms with Gasteiger partial charge in [-0.15, -0.1) is 0 Å². The summed E-state index contributed by atoms with van der Waals surface area (Å²) < 4.78 is 5.55. The van der Waals surface area contributed by atoms with Crippen molar-refractivity contribution in [1.29, 1.82) is 0 Å². The maximum absolute atomic E-state index is 11.7. The van der Waals surface area contributed by atoms with Crippen molar-refractivity contribution in [2.75, 3.05) is 6.61 Å². The third kappa shape index (κ3) is 3.16. The van der Waals surface area contributed by atoms with Gasteiger partial charge in [0.25, 0.3) is 0 Å². The molecule has 2 amide bonds. The lowest BCUT2D eigenvalue weighted by Gasteiger charge is -2.26. The summed E-state index contributed by atoms with van der Waals surface area (Å²) in [5.41, 5.74) is 0.429. The van der Waals surface area contributed by atoms with E-state index in [4.69, 9.17) is 4.74 Å². The van der Waals surface area contributed by atoms with E-state index in [2.05, 4.69) is 20.6 Å². The molecule has 1 fully saturated rings. The van der Waals surface area contributed by atoms with Gasteiger partial charge in [-0.3, -0.25) is 9.97 Å². The first-order chi connectivity index (χ1) is 8.58. The smallest absolute Gasteiger partial charge is 0.315 e. The summed E-state index contributed by atoms with van der Waals surface area (Å²) >= 11 is 0. The molecule has 1 saturated heterocycles. The van der Waals surface area contributed by atoms with E-state index in [1.807, 2.05) is 13.8 Å². The third-order valence-electron chi connectivity index (χ3n) is 3.07. The first-order valence-corrected chi connectivity index (χ1v) is 6.01. The molecule has 2 heterocycles. The third-order valence-corrected chi connectivity index (χ3v) is 3.07. The monoisotopic (exact) mass is 250 g/mol. The Kier molecular flexibility index (Phi) is 3.76. The highest BCUT2D eigenvalue weighted by atomic mass is 16.5. The van der Waals surface area contributed by atoms with E-state index in [-0.39, 0.29) is 17.7 Å². The molecule has 0 saturated carbocycles. The van der Waals surface area contributed by atoms with Crippen LogP contribution in [-0.2, 0) is 11.3 Å². The predicted molar refractivity (Wildman–Crippen MR) is 65.8 cm³/mol. The SMILES string of the molecule is CC1(C)OCCC1NC(=O)NCc1cnccn1. The number of nitrogens with zero attached hydrogens (tertiary/aromatic N) is 2. The van der Waals surface area contributed by atoms with Crippen LogP contribution in [0, 0.1) is 0 Å². The summed E-state index contributed by atoms with van der Waals surface area (Å²) in [6.45, 7) is 5.01. The minimum atomic E-state index is -0.302. The van der Waals surface area contributed by atoms with Gasteiger partial charge in [-0.1, -0.05) is 0 Å². The van der Waals surface area contributed by atoms with Crippen LogP contribution in [0.3, 0.4) is 0 Å². The molecule has 1 aliphatic heterocycles.